The molecule has 1 amide bonds. The number of ether oxygens (including phenoxy) is 1. The zero-order valence-electron chi connectivity index (χ0n) is 18.0. The van der Waals surface area contributed by atoms with Gasteiger partial charge in [-0.2, -0.15) is 13.2 Å². The average Bonchev–Trinajstić information content (AvgIpc) is 2.72. The molecule has 3 aromatic rings. The molecule has 0 saturated heterocycles. The summed E-state index contributed by atoms with van der Waals surface area (Å²) in [7, 11) is -5.74. The minimum absolute atomic E-state index is 0.138. The van der Waals surface area contributed by atoms with Gasteiger partial charge in [-0.05, 0) is 45.0 Å². The van der Waals surface area contributed by atoms with Gasteiger partial charge in [-0.1, -0.05) is 17.7 Å². The lowest BCUT2D eigenvalue weighted by Crippen LogP contribution is -2.34. The van der Waals surface area contributed by atoms with E-state index in [0.29, 0.717) is 11.2 Å². The smallest absolute Gasteiger partial charge is 0.443 e. The highest BCUT2D eigenvalue weighted by molar-refractivity contribution is 7.92. The Bertz CT molecular complexity index is 1330. The van der Waals surface area contributed by atoms with Crippen LogP contribution in [0.2, 0.25) is 5.02 Å². The van der Waals surface area contributed by atoms with Crippen LogP contribution in [-0.2, 0) is 14.6 Å². The van der Waals surface area contributed by atoms with E-state index < -0.39 is 37.5 Å². The van der Waals surface area contributed by atoms with Gasteiger partial charge in [0.25, 0.3) is 9.84 Å². The average molecular weight is 515 g/mol. The molecule has 0 atom stereocenters. The highest BCUT2D eigenvalue weighted by Gasteiger charge is 2.48. The van der Waals surface area contributed by atoms with Gasteiger partial charge in [-0.25, -0.2) is 23.1 Å². The molecule has 3 rings (SSSR count). The molecule has 180 valence electrons. The fourth-order valence-corrected chi connectivity index (χ4v) is 3.87. The third-order valence-corrected chi connectivity index (χ3v) is 5.90. The Balaban J connectivity index is 2.18. The second kappa shape index (κ2) is 9.18. The molecule has 1 aromatic carbocycles. The topological polar surface area (TPSA) is 102 Å². The molecule has 2 aromatic heterocycles. The summed E-state index contributed by atoms with van der Waals surface area (Å²) in [4.78, 5) is 24.6. The Morgan fingerprint density at radius 3 is 2.38 bits per heavy atom. The lowest BCUT2D eigenvalue weighted by Gasteiger charge is -2.27. The molecule has 0 fully saturated rings. The molecule has 0 unspecified atom stereocenters. The summed E-state index contributed by atoms with van der Waals surface area (Å²) in [6.45, 7) is 4.94. The van der Waals surface area contributed by atoms with Crippen LogP contribution in [0.25, 0.3) is 11.3 Å². The minimum Gasteiger partial charge on any atom is -0.443 e. The predicted octanol–water partition coefficient (Wildman–Crippen LogP) is 5.56. The molecular formula is C21H18ClF3N4O4S. The highest BCUT2D eigenvalue weighted by atomic mass is 35.5. The SMILES string of the molecule is CC(C)(C)OC(=O)N(c1cccc(Cl)c1)c1cncc(-c2ccncc2S(=O)(=O)C(F)(F)F)n1. The van der Waals surface area contributed by atoms with E-state index in [2.05, 4.69) is 15.0 Å². The molecule has 8 nitrogen and oxygen atoms in total. The van der Waals surface area contributed by atoms with E-state index in [0.717, 1.165) is 23.4 Å². The Morgan fingerprint density at radius 2 is 1.76 bits per heavy atom. The first-order valence-electron chi connectivity index (χ1n) is 9.57. The van der Waals surface area contributed by atoms with E-state index in [1.165, 1.54) is 18.3 Å². The number of anilines is 2. The first-order chi connectivity index (χ1) is 15.7. The fourth-order valence-electron chi connectivity index (χ4n) is 2.78. The molecule has 0 aliphatic heterocycles. The highest BCUT2D eigenvalue weighted by Crippen LogP contribution is 2.36. The van der Waals surface area contributed by atoms with Crippen molar-refractivity contribution < 1.29 is 31.1 Å². The summed E-state index contributed by atoms with van der Waals surface area (Å²) in [5, 5.41) is 0.294. The molecule has 0 aliphatic rings. The maximum atomic E-state index is 13.2. The molecule has 0 saturated carbocycles. The van der Waals surface area contributed by atoms with Crippen molar-refractivity contribution in [3.8, 4) is 11.3 Å². The number of alkyl halides is 3. The van der Waals surface area contributed by atoms with Crippen molar-refractivity contribution >= 4 is 39.0 Å². The van der Waals surface area contributed by atoms with Crippen molar-refractivity contribution in [1.29, 1.82) is 0 Å². The fraction of sp³-hybridized carbons (Fsp3) is 0.238. The van der Waals surface area contributed by atoms with Crippen molar-refractivity contribution in [2.75, 3.05) is 4.90 Å². The number of nitrogens with zero attached hydrogens (tertiary/aromatic N) is 4. The monoisotopic (exact) mass is 514 g/mol. The van der Waals surface area contributed by atoms with Crippen LogP contribution in [0.1, 0.15) is 20.8 Å². The third-order valence-electron chi connectivity index (χ3n) is 4.15. The molecule has 2 heterocycles. The van der Waals surface area contributed by atoms with E-state index in [4.69, 9.17) is 16.3 Å². The van der Waals surface area contributed by atoms with Crippen LogP contribution in [0.5, 0.6) is 0 Å². The van der Waals surface area contributed by atoms with Crippen molar-refractivity contribution in [2.45, 2.75) is 36.8 Å². The molecule has 0 bridgehead atoms. The first-order valence-corrected chi connectivity index (χ1v) is 11.4. The van der Waals surface area contributed by atoms with Gasteiger partial charge < -0.3 is 4.74 Å². The quantitative estimate of drug-likeness (QED) is 0.449. The third kappa shape index (κ3) is 5.45. The van der Waals surface area contributed by atoms with Crippen molar-refractivity contribution in [3.63, 3.8) is 0 Å². The summed E-state index contributed by atoms with van der Waals surface area (Å²) in [6.07, 6.45) is 3.07. The second-order valence-electron chi connectivity index (χ2n) is 7.88. The summed E-state index contributed by atoms with van der Waals surface area (Å²) in [6, 6.07) is 7.19. The first kappa shape index (κ1) is 25.4. The van der Waals surface area contributed by atoms with Crippen molar-refractivity contribution in [2.24, 2.45) is 0 Å². The Kier molecular flexibility index (Phi) is 6.85. The molecule has 34 heavy (non-hydrogen) atoms. The predicted molar refractivity (Wildman–Crippen MR) is 118 cm³/mol. The van der Waals surface area contributed by atoms with Crippen molar-refractivity contribution in [1.82, 2.24) is 15.0 Å². The molecule has 0 radical (unpaired) electrons. The number of carbonyl (C=O) groups excluding carboxylic acids is 1. The minimum atomic E-state index is -5.74. The lowest BCUT2D eigenvalue weighted by atomic mass is 10.2. The summed E-state index contributed by atoms with van der Waals surface area (Å²) in [5.74, 6) is -0.138. The molecular weight excluding hydrogens is 497 g/mol. The number of halogens is 4. The maximum absolute atomic E-state index is 13.2. The van der Waals surface area contributed by atoms with Gasteiger partial charge >= 0.3 is 11.6 Å². The van der Waals surface area contributed by atoms with E-state index in [9.17, 15) is 26.4 Å². The lowest BCUT2D eigenvalue weighted by molar-refractivity contribution is -0.0436. The summed E-state index contributed by atoms with van der Waals surface area (Å²) in [5.41, 5.74) is -6.83. The van der Waals surface area contributed by atoms with Crippen molar-refractivity contribution in [3.05, 3.63) is 60.1 Å². The van der Waals surface area contributed by atoms with Crippen LogP contribution in [0.15, 0.2) is 60.0 Å². The number of hydrogen-bond donors (Lipinski definition) is 0. The number of amides is 1. The number of pyridine rings is 1. The van der Waals surface area contributed by atoms with E-state index in [-0.39, 0.29) is 17.2 Å². The van der Waals surface area contributed by atoms with Gasteiger partial charge in [-0.3, -0.25) is 9.97 Å². The Hall–Kier alpha value is -3.25. The Morgan fingerprint density at radius 1 is 1.06 bits per heavy atom. The van der Waals surface area contributed by atoms with Crippen LogP contribution in [0.4, 0.5) is 29.5 Å². The number of sulfone groups is 1. The van der Waals surface area contributed by atoms with E-state index >= 15 is 0 Å². The molecule has 13 heteroatoms. The Labute approximate surface area is 198 Å². The van der Waals surface area contributed by atoms with Gasteiger partial charge in [0, 0.05) is 23.0 Å². The van der Waals surface area contributed by atoms with Gasteiger partial charge in [-0.15, -0.1) is 0 Å². The number of hydrogen-bond acceptors (Lipinski definition) is 7. The van der Waals surface area contributed by atoms with Gasteiger partial charge in [0.05, 0.1) is 23.8 Å². The summed E-state index contributed by atoms with van der Waals surface area (Å²) >= 11 is 6.06. The standard InChI is InChI=1S/C21H18ClF3N4O4S/c1-20(2,3)33-19(30)29(14-6-4-5-13(22)9-14)18-12-27-10-16(28-18)15-7-8-26-11-17(15)34(31,32)21(23,24)25/h4-12H,1-3H3. The van der Waals surface area contributed by atoms with Crippen LogP contribution in [0, 0.1) is 0 Å². The number of rotatable bonds is 4. The summed E-state index contributed by atoms with van der Waals surface area (Å²) < 4.78 is 69.2. The molecule has 0 N–H and O–H groups in total. The van der Waals surface area contributed by atoms with Crippen LogP contribution < -0.4 is 4.90 Å². The zero-order valence-corrected chi connectivity index (χ0v) is 19.6. The van der Waals surface area contributed by atoms with Crippen LogP contribution in [-0.4, -0.2) is 40.6 Å². The number of aromatic nitrogens is 3. The number of benzene rings is 1. The largest absolute Gasteiger partial charge is 0.501 e. The zero-order chi connectivity index (χ0) is 25.3. The second-order valence-corrected chi connectivity index (χ2v) is 10.2. The molecule has 0 spiro atoms. The number of carbonyl (C=O) groups is 1. The molecule has 0 aliphatic carbocycles. The maximum Gasteiger partial charge on any atom is 0.501 e. The van der Waals surface area contributed by atoms with Gasteiger partial charge in [0.15, 0.2) is 5.82 Å². The normalized spacial score (nSPS) is 12.3. The van der Waals surface area contributed by atoms with E-state index in [1.807, 2.05) is 0 Å². The van der Waals surface area contributed by atoms with Gasteiger partial charge in [0.1, 0.15) is 10.5 Å². The van der Waals surface area contributed by atoms with Crippen LogP contribution in [0.3, 0.4) is 0 Å². The van der Waals surface area contributed by atoms with Crippen LogP contribution >= 0.6 is 11.6 Å². The van der Waals surface area contributed by atoms with Gasteiger partial charge in [0.2, 0.25) is 0 Å². The van der Waals surface area contributed by atoms with E-state index in [1.54, 1.807) is 32.9 Å².